The first-order chi connectivity index (χ1) is 6.66. The fourth-order valence-electron chi connectivity index (χ4n) is 2.14. The van der Waals surface area contributed by atoms with Crippen molar-refractivity contribution in [2.45, 2.75) is 25.7 Å². The molecule has 2 heterocycles. The van der Waals surface area contributed by atoms with E-state index >= 15 is 0 Å². The lowest BCUT2D eigenvalue weighted by atomic mass is 9.95. The molecule has 2 rings (SSSR count). The highest BCUT2D eigenvalue weighted by Gasteiger charge is 2.22. The maximum absolute atomic E-state index is 4.58. The van der Waals surface area contributed by atoms with Gasteiger partial charge >= 0.3 is 0 Å². The number of hydrogen-bond acceptors (Lipinski definition) is 3. The van der Waals surface area contributed by atoms with E-state index in [1.54, 1.807) is 11.3 Å². The summed E-state index contributed by atoms with van der Waals surface area (Å²) in [6, 6.07) is 0. The van der Waals surface area contributed by atoms with E-state index in [1.807, 2.05) is 0 Å². The predicted octanol–water partition coefficient (Wildman–Crippen LogP) is 3.02. The number of likely N-dealkylation sites (N-methyl/N-ethyl adjacent to an activating group) is 1. The van der Waals surface area contributed by atoms with Crippen LogP contribution in [0, 0.1) is 6.92 Å². The van der Waals surface area contributed by atoms with Gasteiger partial charge in [-0.15, -0.1) is 11.3 Å². The molecule has 4 heteroatoms. The Morgan fingerprint density at radius 2 is 2.36 bits per heavy atom. The SMILES string of the molecule is Cc1sc(Br)nc1C1CCCN(C)C1. The number of halogens is 1. The number of nitrogens with zero attached hydrogens (tertiary/aromatic N) is 2. The molecule has 1 aliphatic rings. The molecule has 0 spiro atoms. The molecule has 1 atom stereocenters. The molecule has 0 bridgehead atoms. The van der Waals surface area contributed by atoms with Crippen molar-refractivity contribution in [1.82, 2.24) is 9.88 Å². The fourth-order valence-corrected chi connectivity index (χ4v) is 3.78. The summed E-state index contributed by atoms with van der Waals surface area (Å²) in [5.74, 6) is 0.649. The van der Waals surface area contributed by atoms with E-state index in [4.69, 9.17) is 0 Å². The molecule has 2 nitrogen and oxygen atoms in total. The summed E-state index contributed by atoms with van der Waals surface area (Å²) in [4.78, 5) is 8.35. The van der Waals surface area contributed by atoms with E-state index in [1.165, 1.54) is 30.0 Å². The maximum atomic E-state index is 4.58. The first-order valence-electron chi connectivity index (χ1n) is 4.98. The molecule has 1 unspecified atom stereocenters. The maximum Gasteiger partial charge on any atom is 0.159 e. The largest absolute Gasteiger partial charge is 0.306 e. The number of hydrogen-bond donors (Lipinski definition) is 0. The van der Waals surface area contributed by atoms with Gasteiger partial charge in [0.2, 0.25) is 0 Å². The van der Waals surface area contributed by atoms with Crippen LogP contribution in [-0.4, -0.2) is 30.0 Å². The number of likely N-dealkylation sites (tertiary alicyclic amines) is 1. The van der Waals surface area contributed by atoms with Crippen LogP contribution < -0.4 is 0 Å². The molecule has 14 heavy (non-hydrogen) atoms. The van der Waals surface area contributed by atoms with Crippen LogP contribution in [0.5, 0.6) is 0 Å². The summed E-state index contributed by atoms with van der Waals surface area (Å²) >= 11 is 5.21. The highest BCUT2D eigenvalue weighted by atomic mass is 79.9. The van der Waals surface area contributed by atoms with Gasteiger partial charge in [-0.25, -0.2) is 4.98 Å². The van der Waals surface area contributed by atoms with Crippen molar-refractivity contribution in [2.75, 3.05) is 20.1 Å². The summed E-state index contributed by atoms with van der Waals surface area (Å²) in [5.41, 5.74) is 1.31. The third-order valence-corrected chi connectivity index (χ3v) is 4.26. The van der Waals surface area contributed by atoms with Gasteiger partial charge in [0.1, 0.15) is 0 Å². The van der Waals surface area contributed by atoms with Crippen molar-refractivity contribution >= 4 is 27.3 Å². The smallest absolute Gasteiger partial charge is 0.159 e. The van der Waals surface area contributed by atoms with Crippen LogP contribution in [0.25, 0.3) is 0 Å². The summed E-state index contributed by atoms with van der Waals surface area (Å²) in [6.07, 6.45) is 2.59. The normalized spacial score (nSPS) is 24.1. The van der Waals surface area contributed by atoms with Crippen molar-refractivity contribution in [2.24, 2.45) is 0 Å². The summed E-state index contributed by atoms with van der Waals surface area (Å²) in [5, 5.41) is 0. The fraction of sp³-hybridized carbons (Fsp3) is 0.700. The lowest BCUT2D eigenvalue weighted by Crippen LogP contribution is -2.31. The van der Waals surface area contributed by atoms with Gasteiger partial charge in [-0.3, -0.25) is 0 Å². The van der Waals surface area contributed by atoms with Gasteiger partial charge in [0.05, 0.1) is 5.69 Å². The summed E-state index contributed by atoms with van der Waals surface area (Å²) in [6.45, 7) is 4.57. The first-order valence-corrected chi connectivity index (χ1v) is 6.59. The van der Waals surface area contributed by atoms with Gasteiger partial charge in [0, 0.05) is 17.3 Å². The monoisotopic (exact) mass is 274 g/mol. The molecule has 0 N–H and O–H groups in total. The van der Waals surface area contributed by atoms with Crippen LogP contribution in [0.1, 0.15) is 29.3 Å². The lowest BCUT2D eigenvalue weighted by Gasteiger charge is -2.28. The van der Waals surface area contributed by atoms with E-state index in [-0.39, 0.29) is 0 Å². The molecule has 0 radical (unpaired) electrons. The van der Waals surface area contributed by atoms with Gasteiger partial charge in [-0.1, -0.05) is 0 Å². The van der Waals surface area contributed by atoms with Crippen molar-refractivity contribution in [3.63, 3.8) is 0 Å². The molecule has 1 aromatic rings. The van der Waals surface area contributed by atoms with E-state index in [9.17, 15) is 0 Å². The van der Waals surface area contributed by atoms with E-state index in [2.05, 4.69) is 39.8 Å². The highest BCUT2D eigenvalue weighted by molar-refractivity contribution is 9.11. The zero-order chi connectivity index (χ0) is 10.1. The Kier molecular flexibility index (Phi) is 3.24. The number of rotatable bonds is 1. The standard InChI is InChI=1S/C10H15BrN2S/c1-7-9(12-10(11)14-7)8-4-3-5-13(2)6-8/h8H,3-6H2,1-2H3. The molecular formula is C10H15BrN2S. The molecule has 0 saturated carbocycles. The van der Waals surface area contributed by atoms with Crippen LogP contribution >= 0.6 is 27.3 Å². The highest BCUT2D eigenvalue weighted by Crippen LogP contribution is 2.32. The van der Waals surface area contributed by atoms with Crippen molar-refractivity contribution in [3.8, 4) is 0 Å². The zero-order valence-corrected chi connectivity index (χ0v) is 11.0. The topological polar surface area (TPSA) is 16.1 Å². The Morgan fingerprint density at radius 1 is 1.57 bits per heavy atom. The second kappa shape index (κ2) is 4.29. The van der Waals surface area contributed by atoms with Gasteiger partial charge in [-0.05, 0) is 49.3 Å². The van der Waals surface area contributed by atoms with Gasteiger partial charge in [-0.2, -0.15) is 0 Å². The average molecular weight is 275 g/mol. The summed E-state index contributed by atoms with van der Waals surface area (Å²) in [7, 11) is 2.20. The lowest BCUT2D eigenvalue weighted by molar-refractivity contribution is 0.248. The Morgan fingerprint density at radius 3 is 2.93 bits per heavy atom. The van der Waals surface area contributed by atoms with E-state index in [0.29, 0.717) is 5.92 Å². The minimum Gasteiger partial charge on any atom is -0.306 e. The molecule has 78 valence electrons. The van der Waals surface area contributed by atoms with Gasteiger partial charge in [0.15, 0.2) is 3.92 Å². The summed E-state index contributed by atoms with van der Waals surface area (Å²) < 4.78 is 1.03. The van der Waals surface area contributed by atoms with E-state index < -0.39 is 0 Å². The minimum absolute atomic E-state index is 0.649. The van der Waals surface area contributed by atoms with Crippen LogP contribution in [-0.2, 0) is 0 Å². The second-order valence-electron chi connectivity index (χ2n) is 4.01. The number of aryl methyl sites for hydroxylation is 1. The third-order valence-electron chi connectivity index (χ3n) is 2.82. The zero-order valence-electron chi connectivity index (χ0n) is 8.59. The average Bonchev–Trinajstić information content (AvgIpc) is 2.45. The van der Waals surface area contributed by atoms with Crippen LogP contribution in [0.3, 0.4) is 0 Å². The molecule has 1 fully saturated rings. The van der Waals surface area contributed by atoms with Crippen molar-refractivity contribution in [3.05, 3.63) is 14.5 Å². The van der Waals surface area contributed by atoms with Crippen LogP contribution in [0.4, 0.5) is 0 Å². The Balaban J connectivity index is 2.17. The van der Waals surface area contributed by atoms with Gasteiger partial charge in [0.25, 0.3) is 0 Å². The van der Waals surface area contributed by atoms with Crippen molar-refractivity contribution in [1.29, 1.82) is 0 Å². The molecule has 0 aromatic carbocycles. The number of piperidine rings is 1. The quantitative estimate of drug-likeness (QED) is 0.783. The first kappa shape index (κ1) is 10.6. The molecule has 0 amide bonds. The Bertz CT molecular complexity index is 324. The molecular weight excluding hydrogens is 260 g/mol. The molecule has 1 aliphatic heterocycles. The van der Waals surface area contributed by atoms with Gasteiger partial charge < -0.3 is 4.90 Å². The Hall–Kier alpha value is 0.0700. The molecule has 1 aromatic heterocycles. The third kappa shape index (κ3) is 2.18. The number of thiazole rings is 1. The number of aromatic nitrogens is 1. The second-order valence-corrected chi connectivity index (χ2v) is 6.49. The van der Waals surface area contributed by atoms with Crippen LogP contribution in [0.15, 0.2) is 3.92 Å². The van der Waals surface area contributed by atoms with Crippen LogP contribution in [0.2, 0.25) is 0 Å². The predicted molar refractivity (Wildman–Crippen MR) is 64.0 cm³/mol. The molecule has 1 saturated heterocycles. The molecule has 0 aliphatic carbocycles. The Labute approximate surface area is 97.5 Å². The minimum atomic E-state index is 0.649. The van der Waals surface area contributed by atoms with E-state index in [0.717, 1.165) is 10.5 Å². The van der Waals surface area contributed by atoms with Crippen molar-refractivity contribution < 1.29 is 0 Å².